The molecule has 1 aromatic rings. The van der Waals surface area contributed by atoms with Crippen molar-refractivity contribution in [1.29, 1.82) is 0 Å². The van der Waals surface area contributed by atoms with Crippen LogP contribution in [0.3, 0.4) is 0 Å². The zero-order valence-corrected chi connectivity index (χ0v) is 10.5. The first kappa shape index (κ1) is 13.9. The molecule has 1 fully saturated rings. The maximum Gasteiger partial charge on any atom is 0.330 e. The number of aliphatic hydroxyl groups is 1. The first-order chi connectivity index (χ1) is 9.02. The van der Waals surface area contributed by atoms with E-state index in [1.165, 1.54) is 10.8 Å². The molecule has 1 aliphatic rings. The molecule has 4 N–H and O–H groups in total. The second-order valence-corrected chi connectivity index (χ2v) is 4.45. The molecule has 1 aromatic heterocycles. The molecule has 0 saturated carbocycles. The van der Waals surface area contributed by atoms with Gasteiger partial charge in [-0.3, -0.25) is 14.3 Å². The van der Waals surface area contributed by atoms with Gasteiger partial charge in [0.25, 0.3) is 5.56 Å². The number of nitrogens with two attached hydrogens (primary N) is 1. The van der Waals surface area contributed by atoms with Gasteiger partial charge in [-0.25, -0.2) is 4.79 Å². The highest BCUT2D eigenvalue weighted by Gasteiger charge is 2.35. The van der Waals surface area contributed by atoms with Crippen molar-refractivity contribution in [3.63, 3.8) is 0 Å². The van der Waals surface area contributed by atoms with Crippen LogP contribution in [0.5, 0.6) is 0 Å². The minimum atomic E-state index is -0.740. The van der Waals surface area contributed by atoms with E-state index in [4.69, 9.17) is 15.2 Å². The minimum Gasteiger partial charge on any atom is -0.390 e. The van der Waals surface area contributed by atoms with Crippen LogP contribution in [0.25, 0.3) is 0 Å². The molecule has 0 bridgehead atoms. The van der Waals surface area contributed by atoms with Crippen LogP contribution < -0.4 is 17.0 Å². The van der Waals surface area contributed by atoms with Crippen LogP contribution in [0.1, 0.15) is 18.2 Å². The van der Waals surface area contributed by atoms with Crippen LogP contribution in [0, 0.1) is 6.92 Å². The Labute approximate surface area is 108 Å². The van der Waals surface area contributed by atoms with Crippen molar-refractivity contribution in [3.05, 3.63) is 32.6 Å². The van der Waals surface area contributed by atoms with E-state index in [-0.39, 0.29) is 19.8 Å². The number of rotatable bonds is 4. The summed E-state index contributed by atoms with van der Waals surface area (Å²) in [6, 6.07) is 0. The summed E-state index contributed by atoms with van der Waals surface area (Å²) in [5.74, 6) is 0. The fraction of sp³-hybridized carbons (Fsp3) is 0.636. The Bertz CT molecular complexity index is 552. The number of hydrogen-bond donors (Lipinski definition) is 3. The first-order valence-electron chi connectivity index (χ1n) is 5.96. The van der Waals surface area contributed by atoms with Crippen molar-refractivity contribution in [2.45, 2.75) is 31.8 Å². The van der Waals surface area contributed by atoms with Crippen molar-refractivity contribution in [2.75, 3.05) is 13.3 Å². The van der Waals surface area contributed by atoms with Gasteiger partial charge in [0.2, 0.25) is 0 Å². The molecule has 1 saturated heterocycles. The summed E-state index contributed by atoms with van der Waals surface area (Å²) in [4.78, 5) is 25.2. The van der Waals surface area contributed by atoms with Crippen LogP contribution in [-0.4, -0.2) is 40.2 Å². The minimum absolute atomic E-state index is 0.0367. The van der Waals surface area contributed by atoms with Crippen LogP contribution in [-0.2, 0) is 9.47 Å². The number of ether oxygens (including phenoxy) is 2. The Morgan fingerprint density at radius 3 is 3.05 bits per heavy atom. The summed E-state index contributed by atoms with van der Waals surface area (Å²) in [7, 11) is 0. The Hall–Kier alpha value is -1.48. The zero-order chi connectivity index (χ0) is 14.0. The second-order valence-electron chi connectivity index (χ2n) is 4.45. The predicted octanol–water partition coefficient (Wildman–Crippen LogP) is -1.57. The third kappa shape index (κ3) is 2.92. The van der Waals surface area contributed by atoms with E-state index in [0.29, 0.717) is 5.56 Å². The average Bonchev–Trinajstić information content (AvgIpc) is 2.72. The molecule has 0 aliphatic carbocycles. The lowest BCUT2D eigenvalue weighted by Crippen LogP contribution is -2.33. The summed E-state index contributed by atoms with van der Waals surface area (Å²) in [5.41, 5.74) is 4.62. The van der Waals surface area contributed by atoms with Crippen molar-refractivity contribution in [1.82, 2.24) is 9.55 Å². The van der Waals surface area contributed by atoms with E-state index >= 15 is 0 Å². The molecule has 3 atom stereocenters. The molecular weight excluding hydrogens is 254 g/mol. The van der Waals surface area contributed by atoms with Gasteiger partial charge in [0.15, 0.2) is 0 Å². The summed E-state index contributed by atoms with van der Waals surface area (Å²) in [6.45, 7) is 1.79. The molecule has 8 heteroatoms. The van der Waals surface area contributed by atoms with Gasteiger partial charge in [0.1, 0.15) is 12.3 Å². The number of nitrogens with one attached hydrogen (secondary N) is 1. The number of aromatic nitrogens is 2. The van der Waals surface area contributed by atoms with E-state index in [0.717, 1.165) is 0 Å². The molecule has 0 radical (unpaired) electrons. The lowest BCUT2D eigenvalue weighted by Gasteiger charge is -2.16. The molecule has 19 heavy (non-hydrogen) atoms. The van der Waals surface area contributed by atoms with E-state index < -0.39 is 29.7 Å². The second kappa shape index (κ2) is 5.66. The smallest absolute Gasteiger partial charge is 0.330 e. The molecule has 0 amide bonds. The molecular formula is C11H17N3O5. The Kier molecular flexibility index (Phi) is 4.15. The van der Waals surface area contributed by atoms with Crippen molar-refractivity contribution < 1.29 is 14.6 Å². The fourth-order valence-electron chi connectivity index (χ4n) is 2.02. The highest BCUT2D eigenvalue weighted by Crippen LogP contribution is 2.27. The van der Waals surface area contributed by atoms with Crippen LogP contribution in [0.4, 0.5) is 0 Å². The van der Waals surface area contributed by atoms with Gasteiger partial charge >= 0.3 is 5.69 Å². The average molecular weight is 271 g/mol. The molecule has 0 aromatic carbocycles. The normalized spacial score (nSPS) is 26.8. The van der Waals surface area contributed by atoms with Gasteiger partial charge in [-0.2, -0.15) is 0 Å². The number of aromatic amines is 1. The first-order valence-corrected chi connectivity index (χ1v) is 5.96. The third-order valence-electron chi connectivity index (χ3n) is 3.06. The number of aliphatic hydroxyl groups excluding tert-OH is 1. The van der Waals surface area contributed by atoms with Crippen LogP contribution in [0.15, 0.2) is 15.8 Å². The number of H-pyrrole nitrogens is 1. The monoisotopic (exact) mass is 271 g/mol. The van der Waals surface area contributed by atoms with Gasteiger partial charge < -0.3 is 20.3 Å². The van der Waals surface area contributed by atoms with Crippen LogP contribution in [0.2, 0.25) is 0 Å². The third-order valence-corrected chi connectivity index (χ3v) is 3.06. The standard InChI is InChI=1S/C11H17N3O5/c1-6-3-14(11(17)13-10(6)16)9-2-7(15)8(19-9)4-18-5-12/h3,7-9,15H,2,4-5,12H2,1H3,(H,13,16,17)/t7-,8+,9+/m0/s1. The number of hydrogen-bond acceptors (Lipinski definition) is 6. The molecule has 2 rings (SSSR count). The van der Waals surface area contributed by atoms with E-state index in [1.807, 2.05) is 0 Å². The summed E-state index contributed by atoms with van der Waals surface area (Å²) < 4.78 is 11.8. The largest absolute Gasteiger partial charge is 0.390 e. The van der Waals surface area contributed by atoms with Gasteiger partial charge in [-0.1, -0.05) is 0 Å². The molecule has 1 aliphatic heterocycles. The SMILES string of the molecule is Cc1cn([C@H]2C[C@H](O)[C@@H](COCN)O2)c(=O)[nH]c1=O. The predicted molar refractivity (Wildman–Crippen MR) is 65.6 cm³/mol. The van der Waals surface area contributed by atoms with E-state index in [9.17, 15) is 14.7 Å². The highest BCUT2D eigenvalue weighted by molar-refractivity contribution is 5.02. The topological polar surface area (TPSA) is 120 Å². The summed E-state index contributed by atoms with van der Waals surface area (Å²) in [6.07, 6.45) is -0.220. The Balaban J connectivity index is 2.18. The van der Waals surface area contributed by atoms with Crippen molar-refractivity contribution in [2.24, 2.45) is 5.73 Å². The zero-order valence-electron chi connectivity index (χ0n) is 10.5. The Morgan fingerprint density at radius 2 is 2.37 bits per heavy atom. The number of nitrogens with zero attached hydrogens (tertiary/aromatic N) is 1. The maximum absolute atomic E-state index is 11.7. The van der Waals surface area contributed by atoms with Crippen molar-refractivity contribution >= 4 is 0 Å². The fourth-order valence-corrected chi connectivity index (χ4v) is 2.02. The van der Waals surface area contributed by atoms with E-state index in [1.54, 1.807) is 6.92 Å². The van der Waals surface area contributed by atoms with Gasteiger partial charge in [-0.15, -0.1) is 0 Å². The van der Waals surface area contributed by atoms with E-state index in [2.05, 4.69) is 4.98 Å². The maximum atomic E-state index is 11.7. The quantitative estimate of drug-likeness (QED) is 0.569. The molecule has 106 valence electrons. The van der Waals surface area contributed by atoms with Gasteiger partial charge in [0, 0.05) is 18.2 Å². The number of aryl methyl sites for hydroxylation is 1. The molecule has 2 heterocycles. The van der Waals surface area contributed by atoms with Crippen molar-refractivity contribution in [3.8, 4) is 0 Å². The lowest BCUT2D eigenvalue weighted by molar-refractivity contribution is -0.0626. The van der Waals surface area contributed by atoms with Gasteiger partial charge in [-0.05, 0) is 6.92 Å². The van der Waals surface area contributed by atoms with Crippen LogP contribution >= 0.6 is 0 Å². The summed E-state index contributed by atoms with van der Waals surface area (Å²) in [5, 5.41) is 9.83. The summed E-state index contributed by atoms with van der Waals surface area (Å²) >= 11 is 0. The molecule has 0 spiro atoms. The van der Waals surface area contributed by atoms with Gasteiger partial charge in [0.05, 0.1) is 19.4 Å². The highest BCUT2D eigenvalue weighted by atomic mass is 16.6. The molecule has 8 nitrogen and oxygen atoms in total. The molecule has 0 unspecified atom stereocenters. The Morgan fingerprint density at radius 1 is 1.63 bits per heavy atom. The lowest BCUT2D eigenvalue weighted by atomic mass is 10.2.